The second kappa shape index (κ2) is 5.83. The zero-order chi connectivity index (χ0) is 13.7. The Morgan fingerprint density at radius 1 is 1.42 bits per heavy atom. The summed E-state index contributed by atoms with van der Waals surface area (Å²) in [6, 6.07) is 13.3. The molecule has 0 aliphatic rings. The molecule has 1 amide bonds. The van der Waals surface area contributed by atoms with Crippen LogP contribution < -0.4 is 5.32 Å². The predicted octanol–water partition coefficient (Wildman–Crippen LogP) is 1.76. The van der Waals surface area contributed by atoms with E-state index in [9.17, 15) is 4.79 Å². The van der Waals surface area contributed by atoms with Gasteiger partial charge >= 0.3 is 0 Å². The third-order valence-corrected chi connectivity index (χ3v) is 2.63. The first-order chi connectivity index (χ1) is 9.20. The predicted molar refractivity (Wildman–Crippen MR) is 70.7 cm³/mol. The van der Waals surface area contributed by atoms with E-state index in [1.54, 1.807) is 23.9 Å². The number of carbonyl (C=O) groups excluding carboxylic acids is 1. The van der Waals surface area contributed by atoms with E-state index in [-0.39, 0.29) is 11.8 Å². The third kappa shape index (κ3) is 3.19. The van der Waals surface area contributed by atoms with Crippen molar-refractivity contribution >= 4 is 5.91 Å². The first-order valence-electron chi connectivity index (χ1n) is 5.99. The average Bonchev–Trinajstić information content (AvgIpc) is 2.95. The Morgan fingerprint density at radius 2 is 2.16 bits per heavy atom. The maximum absolute atomic E-state index is 11.8. The second-order valence-electron chi connectivity index (χ2n) is 4.22. The largest absolute Gasteiger partial charge is 0.349 e. The Kier molecular flexibility index (Phi) is 3.94. The van der Waals surface area contributed by atoms with Crippen molar-refractivity contribution in [1.29, 1.82) is 5.26 Å². The average molecular weight is 254 g/mol. The summed E-state index contributed by atoms with van der Waals surface area (Å²) in [5.41, 5.74) is 1.24. The van der Waals surface area contributed by atoms with Gasteiger partial charge in [-0.05, 0) is 25.1 Å². The summed E-state index contributed by atoms with van der Waals surface area (Å²) < 4.78 is 1.64. The molecule has 0 fully saturated rings. The lowest BCUT2D eigenvalue weighted by Crippen LogP contribution is -2.28. The van der Waals surface area contributed by atoms with Gasteiger partial charge in [0.25, 0.3) is 5.91 Å². The lowest BCUT2D eigenvalue weighted by molar-refractivity contribution is 0.0945. The van der Waals surface area contributed by atoms with Crippen molar-refractivity contribution in [3.8, 4) is 11.8 Å². The zero-order valence-corrected chi connectivity index (χ0v) is 10.6. The number of hydrogen-bond donors (Lipinski definition) is 1. The van der Waals surface area contributed by atoms with E-state index in [4.69, 9.17) is 5.26 Å². The Balaban J connectivity index is 2.05. The monoisotopic (exact) mass is 254 g/mol. The van der Waals surface area contributed by atoms with Gasteiger partial charge in [-0.1, -0.05) is 18.2 Å². The molecule has 0 saturated carbocycles. The number of amides is 1. The Labute approximate surface area is 111 Å². The molecule has 1 aromatic carbocycles. The van der Waals surface area contributed by atoms with E-state index in [0.29, 0.717) is 12.2 Å². The van der Waals surface area contributed by atoms with Crippen LogP contribution in [-0.4, -0.2) is 22.2 Å². The van der Waals surface area contributed by atoms with Crippen LogP contribution in [0.1, 0.15) is 17.4 Å². The van der Waals surface area contributed by atoms with Gasteiger partial charge < -0.3 is 5.32 Å². The van der Waals surface area contributed by atoms with Crippen LogP contribution in [0.25, 0.3) is 5.69 Å². The molecule has 5 heteroatoms. The standard InChI is InChI=1S/C14H14N4O/c1-11(9-15)10-16-14(19)13-7-8-18(17-13)12-5-3-2-4-6-12/h2-8,11H,10H2,1H3,(H,16,19)/t11-/m1/s1. The fourth-order valence-corrected chi connectivity index (χ4v) is 1.55. The van der Waals surface area contributed by atoms with Gasteiger partial charge in [-0.2, -0.15) is 10.4 Å². The van der Waals surface area contributed by atoms with Crippen LogP contribution in [0.3, 0.4) is 0 Å². The number of aromatic nitrogens is 2. The van der Waals surface area contributed by atoms with Gasteiger partial charge in [0.05, 0.1) is 17.7 Å². The highest BCUT2D eigenvalue weighted by molar-refractivity contribution is 5.92. The Hall–Kier alpha value is -2.61. The summed E-state index contributed by atoms with van der Waals surface area (Å²) in [5.74, 6) is -0.475. The van der Waals surface area contributed by atoms with Gasteiger partial charge in [0.1, 0.15) is 0 Å². The molecule has 0 aliphatic carbocycles. The SMILES string of the molecule is C[C@H](C#N)CNC(=O)c1ccn(-c2ccccc2)n1. The van der Waals surface area contributed by atoms with Crippen molar-refractivity contribution in [3.05, 3.63) is 48.3 Å². The molecule has 19 heavy (non-hydrogen) atoms. The Morgan fingerprint density at radius 3 is 2.84 bits per heavy atom. The van der Waals surface area contributed by atoms with Crippen molar-refractivity contribution < 1.29 is 4.79 Å². The summed E-state index contributed by atoms with van der Waals surface area (Å²) in [7, 11) is 0. The number of nitrogens with zero attached hydrogens (tertiary/aromatic N) is 3. The summed E-state index contributed by atoms with van der Waals surface area (Å²) in [6.07, 6.45) is 1.73. The quantitative estimate of drug-likeness (QED) is 0.903. The summed E-state index contributed by atoms with van der Waals surface area (Å²) in [6.45, 7) is 2.08. The van der Waals surface area contributed by atoms with E-state index in [0.717, 1.165) is 5.69 Å². The molecular formula is C14H14N4O. The zero-order valence-electron chi connectivity index (χ0n) is 10.6. The van der Waals surface area contributed by atoms with Crippen LogP contribution in [-0.2, 0) is 0 Å². The summed E-state index contributed by atoms with van der Waals surface area (Å²) in [4.78, 5) is 11.8. The number of benzene rings is 1. The van der Waals surface area contributed by atoms with Gasteiger partial charge in [-0.25, -0.2) is 4.68 Å². The molecule has 1 heterocycles. The van der Waals surface area contributed by atoms with Crippen molar-refractivity contribution in [2.24, 2.45) is 5.92 Å². The number of hydrogen-bond acceptors (Lipinski definition) is 3. The normalized spacial score (nSPS) is 11.6. The molecule has 2 rings (SSSR count). The van der Waals surface area contributed by atoms with Crippen molar-refractivity contribution in [1.82, 2.24) is 15.1 Å². The maximum Gasteiger partial charge on any atom is 0.271 e. The van der Waals surface area contributed by atoms with Crippen LogP contribution in [0.15, 0.2) is 42.6 Å². The minimum Gasteiger partial charge on any atom is -0.349 e. The molecule has 2 aromatic rings. The molecule has 1 N–H and O–H groups in total. The highest BCUT2D eigenvalue weighted by Crippen LogP contribution is 2.06. The highest BCUT2D eigenvalue weighted by atomic mass is 16.1. The van der Waals surface area contributed by atoms with Crippen LogP contribution in [0, 0.1) is 17.2 Å². The fourth-order valence-electron chi connectivity index (χ4n) is 1.55. The van der Waals surface area contributed by atoms with Gasteiger partial charge in [0.2, 0.25) is 0 Å². The van der Waals surface area contributed by atoms with Gasteiger partial charge in [-0.3, -0.25) is 4.79 Å². The van der Waals surface area contributed by atoms with Crippen molar-refractivity contribution in [2.75, 3.05) is 6.54 Å². The minimum absolute atomic E-state index is 0.208. The Bertz CT molecular complexity index is 597. The van der Waals surface area contributed by atoms with Crippen LogP contribution in [0.2, 0.25) is 0 Å². The van der Waals surface area contributed by atoms with E-state index in [2.05, 4.69) is 16.5 Å². The molecule has 0 aliphatic heterocycles. The van der Waals surface area contributed by atoms with E-state index < -0.39 is 0 Å². The van der Waals surface area contributed by atoms with Crippen LogP contribution >= 0.6 is 0 Å². The van der Waals surface area contributed by atoms with Gasteiger partial charge in [0.15, 0.2) is 5.69 Å². The highest BCUT2D eigenvalue weighted by Gasteiger charge is 2.10. The maximum atomic E-state index is 11.8. The number of nitrogens with one attached hydrogen (secondary N) is 1. The molecule has 96 valence electrons. The molecule has 0 unspecified atom stereocenters. The van der Waals surface area contributed by atoms with Gasteiger partial charge in [0, 0.05) is 12.7 Å². The number of rotatable bonds is 4. The summed E-state index contributed by atoms with van der Waals surface area (Å²) >= 11 is 0. The number of carbonyl (C=O) groups is 1. The second-order valence-corrected chi connectivity index (χ2v) is 4.22. The molecule has 1 aromatic heterocycles. The van der Waals surface area contributed by atoms with Gasteiger partial charge in [-0.15, -0.1) is 0 Å². The lowest BCUT2D eigenvalue weighted by Gasteiger charge is -2.04. The number of nitriles is 1. The lowest BCUT2D eigenvalue weighted by atomic mass is 10.2. The van der Waals surface area contributed by atoms with Crippen molar-refractivity contribution in [2.45, 2.75) is 6.92 Å². The fraction of sp³-hybridized carbons (Fsp3) is 0.214. The first kappa shape index (κ1) is 12.8. The molecular weight excluding hydrogens is 240 g/mol. The molecule has 0 spiro atoms. The first-order valence-corrected chi connectivity index (χ1v) is 5.99. The molecule has 0 bridgehead atoms. The molecule has 0 radical (unpaired) electrons. The minimum atomic E-state index is -0.267. The van der Waals surface area contributed by atoms with Crippen LogP contribution in [0.5, 0.6) is 0 Å². The van der Waals surface area contributed by atoms with E-state index in [1.165, 1.54) is 0 Å². The van der Waals surface area contributed by atoms with Crippen molar-refractivity contribution in [3.63, 3.8) is 0 Å². The third-order valence-electron chi connectivity index (χ3n) is 2.63. The number of para-hydroxylation sites is 1. The van der Waals surface area contributed by atoms with Crippen LogP contribution in [0.4, 0.5) is 0 Å². The molecule has 0 saturated heterocycles. The van der Waals surface area contributed by atoms with E-state index in [1.807, 2.05) is 30.3 Å². The molecule has 1 atom stereocenters. The van der Waals surface area contributed by atoms with E-state index >= 15 is 0 Å². The molecule has 5 nitrogen and oxygen atoms in total. The topological polar surface area (TPSA) is 70.7 Å². The summed E-state index contributed by atoms with van der Waals surface area (Å²) in [5, 5.41) is 15.5. The smallest absolute Gasteiger partial charge is 0.271 e.